The fourth-order valence-electron chi connectivity index (χ4n) is 3.31. The van der Waals surface area contributed by atoms with E-state index in [-0.39, 0.29) is 5.75 Å². The summed E-state index contributed by atoms with van der Waals surface area (Å²) in [7, 11) is 3.78. The second kappa shape index (κ2) is 12.0. The summed E-state index contributed by atoms with van der Waals surface area (Å²) in [6.07, 6.45) is 4.13. The van der Waals surface area contributed by atoms with Gasteiger partial charge in [-0.25, -0.2) is 0 Å². The first kappa shape index (κ1) is 24.3. The van der Waals surface area contributed by atoms with E-state index in [1.807, 2.05) is 18.2 Å². The summed E-state index contributed by atoms with van der Waals surface area (Å²) in [6, 6.07) is 13.9. The number of phenols is 1. The van der Waals surface area contributed by atoms with E-state index in [4.69, 9.17) is 18.3 Å². The van der Waals surface area contributed by atoms with Gasteiger partial charge in [0.1, 0.15) is 0 Å². The molecule has 0 amide bonds. The van der Waals surface area contributed by atoms with Crippen molar-refractivity contribution in [3.8, 4) is 23.0 Å². The Hall–Kier alpha value is -1.97. The average Bonchev–Trinajstić information content (AvgIpc) is 2.73. The van der Waals surface area contributed by atoms with Gasteiger partial charge < -0.3 is 23.4 Å². The summed E-state index contributed by atoms with van der Waals surface area (Å²) in [5.74, 6) is 2.28. The normalized spacial score (nSPS) is 11.4. The zero-order chi connectivity index (χ0) is 22.0. The molecular weight excluding hydrogens is 412 g/mol. The Morgan fingerprint density at radius 1 is 0.800 bits per heavy atom. The van der Waals surface area contributed by atoms with Crippen molar-refractivity contribution in [2.75, 3.05) is 21.3 Å². The van der Waals surface area contributed by atoms with Crippen molar-refractivity contribution in [1.82, 2.24) is 0 Å². The van der Waals surface area contributed by atoms with Crippen LogP contribution in [0.15, 0.2) is 36.4 Å². The van der Waals surface area contributed by atoms with E-state index in [1.165, 1.54) is 5.56 Å². The molecular formula is C23H34O5Si2. The van der Waals surface area contributed by atoms with Crippen molar-refractivity contribution in [2.45, 2.75) is 50.9 Å². The fourth-order valence-corrected chi connectivity index (χ4v) is 7.04. The van der Waals surface area contributed by atoms with Crippen LogP contribution in [-0.4, -0.2) is 44.5 Å². The molecule has 5 nitrogen and oxygen atoms in total. The van der Waals surface area contributed by atoms with Crippen LogP contribution >= 0.6 is 0 Å². The number of ether oxygens (including phenoxy) is 3. The maximum absolute atomic E-state index is 9.90. The van der Waals surface area contributed by atoms with Gasteiger partial charge in [-0.05, 0) is 86.3 Å². The summed E-state index contributed by atoms with van der Waals surface area (Å²) < 4.78 is 22.1. The topological polar surface area (TPSA) is 57.2 Å². The molecule has 7 heteroatoms. The standard InChI is InChI=1S/C23H34O5Si2/c1-25-21-12-10-18(16-20(21)24)9-7-15-30(4,5)28-29-14-6-8-19-11-13-22(26-2)23(17-19)27-3/h10-13,16-17,24H,6-9,14-15H2,1-5H3. The molecule has 2 rings (SSSR count). The highest BCUT2D eigenvalue weighted by molar-refractivity contribution is 6.75. The zero-order valence-corrected chi connectivity index (χ0v) is 20.8. The van der Waals surface area contributed by atoms with Gasteiger partial charge in [0.2, 0.25) is 9.76 Å². The van der Waals surface area contributed by atoms with Crippen molar-refractivity contribution >= 4 is 18.1 Å². The summed E-state index contributed by atoms with van der Waals surface area (Å²) in [6.45, 7) is 4.58. The van der Waals surface area contributed by atoms with Gasteiger partial charge in [-0.1, -0.05) is 12.1 Å². The predicted molar refractivity (Wildman–Crippen MR) is 125 cm³/mol. The lowest BCUT2D eigenvalue weighted by Crippen LogP contribution is -2.31. The molecule has 0 saturated heterocycles. The van der Waals surface area contributed by atoms with Gasteiger partial charge in [-0.3, -0.25) is 0 Å². The van der Waals surface area contributed by atoms with Crippen LogP contribution in [0.5, 0.6) is 23.0 Å². The van der Waals surface area contributed by atoms with Gasteiger partial charge in [0.25, 0.3) is 0 Å². The third-order valence-electron chi connectivity index (χ3n) is 5.03. The Labute approximate surface area is 184 Å². The molecule has 2 aromatic carbocycles. The summed E-state index contributed by atoms with van der Waals surface area (Å²) in [5.41, 5.74) is 2.40. The Morgan fingerprint density at radius 3 is 2.03 bits per heavy atom. The van der Waals surface area contributed by atoms with E-state index < -0.39 is 8.32 Å². The van der Waals surface area contributed by atoms with Crippen LogP contribution in [-0.2, 0) is 17.0 Å². The van der Waals surface area contributed by atoms with Gasteiger partial charge >= 0.3 is 0 Å². The third kappa shape index (κ3) is 7.70. The van der Waals surface area contributed by atoms with Crippen LogP contribution in [0.25, 0.3) is 0 Å². The van der Waals surface area contributed by atoms with Gasteiger partial charge in [-0.2, -0.15) is 0 Å². The van der Waals surface area contributed by atoms with Crippen LogP contribution in [0.3, 0.4) is 0 Å². The zero-order valence-electron chi connectivity index (χ0n) is 18.8. The number of methoxy groups -OCH3 is 3. The van der Waals surface area contributed by atoms with Gasteiger partial charge in [0.15, 0.2) is 31.3 Å². The number of hydrogen-bond acceptors (Lipinski definition) is 5. The maximum Gasteiger partial charge on any atom is 0.215 e. The van der Waals surface area contributed by atoms with E-state index in [0.29, 0.717) is 15.5 Å². The third-order valence-corrected chi connectivity index (χ3v) is 9.93. The summed E-state index contributed by atoms with van der Waals surface area (Å²) >= 11 is 0. The molecule has 0 spiro atoms. The molecule has 0 fully saturated rings. The molecule has 0 heterocycles. The van der Waals surface area contributed by atoms with E-state index in [9.17, 15) is 5.11 Å². The van der Waals surface area contributed by atoms with Crippen LogP contribution in [0.4, 0.5) is 0 Å². The van der Waals surface area contributed by atoms with Crippen molar-refractivity contribution < 1.29 is 23.4 Å². The van der Waals surface area contributed by atoms with Crippen LogP contribution in [0.2, 0.25) is 25.2 Å². The number of benzene rings is 2. The highest BCUT2D eigenvalue weighted by atomic mass is 28.4. The second-order valence-corrected chi connectivity index (χ2v) is 13.5. The first-order chi connectivity index (χ1) is 14.4. The summed E-state index contributed by atoms with van der Waals surface area (Å²) in [4.78, 5) is 0. The Balaban J connectivity index is 1.67. The lowest BCUT2D eigenvalue weighted by molar-refractivity contribution is 0.354. The molecule has 2 aromatic rings. The molecule has 0 atom stereocenters. The van der Waals surface area contributed by atoms with Crippen molar-refractivity contribution in [2.24, 2.45) is 0 Å². The molecule has 0 unspecified atom stereocenters. The van der Waals surface area contributed by atoms with Crippen molar-refractivity contribution in [3.63, 3.8) is 0 Å². The first-order valence-electron chi connectivity index (χ1n) is 10.4. The predicted octanol–water partition coefficient (Wildman–Crippen LogP) is 5.24. The highest BCUT2D eigenvalue weighted by Gasteiger charge is 2.21. The van der Waals surface area contributed by atoms with Gasteiger partial charge in [0.05, 0.1) is 21.3 Å². The second-order valence-electron chi connectivity index (χ2n) is 7.91. The Morgan fingerprint density at radius 2 is 1.40 bits per heavy atom. The first-order valence-corrected chi connectivity index (χ1v) is 14.6. The molecule has 0 aliphatic carbocycles. The molecule has 0 bridgehead atoms. The van der Waals surface area contributed by atoms with Crippen molar-refractivity contribution in [1.29, 1.82) is 0 Å². The fraction of sp³-hybridized carbons (Fsp3) is 0.478. The minimum absolute atomic E-state index is 0.207. The smallest absolute Gasteiger partial charge is 0.215 e. The van der Waals surface area contributed by atoms with Gasteiger partial charge in [0, 0.05) is 0 Å². The highest BCUT2D eigenvalue weighted by Crippen LogP contribution is 2.29. The van der Waals surface area contributed by atoms with Crippen LogP contribution in [0, 0.1) is 0 Å². The minimum atomic E-state index is -1.66. The van der Waals surface area contributed by atoms with E-state index in [0.717, 1.165) is 54.8 Å². The van der Waals surface area contributed by atoms with Crippen LogP contribution < -0.4 is 14.2 Å². The molecule has 30 heavy (non-hydrogen) atoms. The van der Waals surface area contributed by atoms with E-state index in [1.54, 1.807) is 27.4 Å². The number of aromatic hydroxyl groups is 1. The molecule has 0 aromatic heterocycles. The van der Waals surface area contributed by atoms with E-state index >= 15 is 0 Å². The lowest BCUT2D eigenvalue weighted by atomic mass is 10.1. The molecule has 0 aliphatic rings. The average molecular weight is 447 g/mol. The molecule has 2 radical (unpaired) electrons. The number of phenolic OH excluding ortho intramolecular Hbond substituents is 1. The maximum atomic E-state index is 9.90. The van der Waals surface area contributed by atoms with E-state index in [2.05, 4.69) is 25.2 Å². The quantitative estimate of drug-likeness (QED) is 0.337. The van der Waals surface area contributed by atoms with Crippen molar-refractivity contribution in [3.05, 3.63) is 47.5 Å². The molecule has 0 saturated carbocycles. The van der Waals surface area contributed by atoms with Crippen LogP contribution in [0.1, 0.15) is 24.0 Å². The monoisotopic (exact) mass is 446 g/mol. The summed E-state index contributed by atoms with van der Waals surface area (Å²) in [5, 5.41) is 9.90. The number of rotatable bonds is 13. The Bertz CT molecular complexity index is 795. The Kier molecular flexibility index (Phi) is 9.74. The lowest BCUT2D eigenvalue weighted by Gasteiger charge is -2.23. The minimum Gasteiger partial charge on any atom is -0.504 e. The molecule has 164 valence electrons. The number of aryl methyl sites for hydroxylation is 2. The largest absolute Gasteiger partial charge is 0.504 e. The molecule has 1 N–H and O–H groups in total. The van der Waals surface area contributed by atoms with Gasteiger partial charge in [-0.15, -0.1) is 0 Å². The molecule has 0 aliphatic heterocycles. The number of hydrogen-bond donors (Lipinski definition) is 1. The SMILES string of the molecule is COc1ccc(CCC[Si](C)(C)O[Si]CCCc2ccc(OC)c(OC)c2)cc1O.